The Kier molecular flexibility index (Phi) is 3.24. The molecule has 1 rings (SSSR count). The van der Waals surface area contributed by atoms with Crippen molar-refractivity contribution in [2.45, 2.75) is 12.5 Å². The van der Waals surface area contributed by atoms with Gasteiger partial charge < -0.3 is 5.73 Å². The zero-order valence-electron chi connectivity index (χ0n) is 6.80. The Labute approximate surface area is 80.7 Å². The minimum absolute atomic E-state index is 0.128. The topological polar surface area (TPSA) is 49.8 Å². The van der Waals surface area contributed by atoms with E-state index in [0.29, 0.717) is 10.6 Å². The first kappa shape index (κ1) is 9.97. The number of nitriles is 1. The van der Waals surface area contributed by atoms with Gasteiger partial charge in [0.05, 0.1) is 12.5 Å². The van der Waals surface area contributed by atoms with Crippen molar-refractivity contribution in [2.75, 3.05) is 0 Å². The molecule has 2 N–H and O–H groups in total. The van der Waals surface area contributed by atoms with Crippen LogP contribution in [-0.4, -0.2) is 0 Å². The van der Waals surface area contributed by atoms with Crippen LogP contribution in [-0.2, 0) is 0 Å². The largest absolute Gasteiger partial charge is 0.323 e. The van der Waals surface area contributed by atoms with Crippen LogP contribution in [0.2, 0.25) is 5.02 Å². The SMILES string of the molecule is N#CC[C@@H](N)c1cc(F)ccc1Cl. The van der Waals surface area contributed by atoms with E-state index in [9.17, 15) is 4.39 Å². The monoisotopic (exact) mass is 198 g/mol. The standard InChI is InChI=1S/C9H8ClFN2/c10-8-2-1-6(11)5-7(8)9(13)3-4-12/h1-2,5,9H,3,13H2/t9-/m1/s1. The van der Waals surface area contributed by atoms with Crippen LogP contribution < -0.4 is 5.73 Å². The molecule has 0 aliphatic carbocycles. The van der Waals surface area contributed by atoms with Gasteiger partial charge in [-0.25, -0.2) is 4.39 Å². The average Bonchev–Trinajstić information content (AvgIpc) is 2.09. The summed E-state index contributed by atoms with van der Waals surface area (Å²) in [6, 6.07) is 5.33. The van der Waals surface area contributed by atoms with Crippen LogP contribution in [0.25, 0.3) is 0 Å². The fourth-order valence-electron chi connectivity index (χ4n) is 1.01. The van der Waals surface area contributed by atoms with Crippen molar-refractivity contribution >= 4 is 11.6 Å². The second kappa shape index (κ2) is 4.22. The Morgan fingerprint density at radius 2 is 2.31 bits per heavy atom. The Bertz CT molecular complexity index is 346. The lowest BCUT2D eigenvalue weighted by molar-refractivity contribution is 0.620. The lowest BCUT2D eigenvalue weighted by Crippen LogP contribution is -2.10. The van der Waals surface area contributed by atoms with Gasteiger partial charge >= 0.3 is 0 Å². The van der Waals surface area contributed by atoms with E-state index < -0.39 is 11.9 Å². The van der Waals surface area contributed by atoms with E-state index in [1.807, 2.05) is 6.07 Å². The molecule has 0 aliphatic rings. The van der Waals surface area contributed by atoms with Crippen molar-refractivity contribution in [3.63, 3.8) is 0 Å². The minimum Gasteiger partial charge on any atom is -0.323 e. The van der Waals surface area contributed by atoms with E-state index in [1.165, 1.54) is 18.2 Å². The van der Waals surface area contributed by atoms with Gasteiger partial charge in [0, 0.05) is 11.1 Å². The smallest absolute Gasteiger partial charge is 0.123 e. The van der Waals surface area contributed by atoms with Crippen molar-refractivity contribution in [2.24, 2.45) is 5.73 Å². The molecule has 0 spiro atoms. The molecule has 0 unspecified atom stereocenters. The molecule has 0 aliphatic heterocycles. The second-order valence-corrected chi connectivity index (χ2v) is 3.04. The molecule has 0 amide bonds. The summed E-state index contributed by atoms with van der Waals surface area (Å²) < 4.78 is 12.8. The van der Waals surface area contributed by atoms with Crippen molar-refractivity contribution in [3.8, 4) is 6.07 Å². The molecule has 1 atom stereocenters. The maximum absolute atomic E-state index is 12.8. The Morgan fingerprint density at radius 3 is 2.92 bits per heavy atom. The summed E-state index contributed by atoms with van der Waals surface area (Å²) in [5, 5.41) is 8.78. The first-order valence-corrected chi connectivity index (χ1v) is 4.10. The van der Waals surface area contributed by atoms with Crippen LogP contribution in [0.4, 0.5) is 4.39 Å². The summed E-state index contributed by atoms with van der Waals surface area (Å²) in [5.74, 6) is -0.396. The van der Waals surface area contributed by atoms with E-state index in [4.69, 9.17) is 22.6 Å². The van der Waals surface area contributed by atoms with Crippen LogP contribution >= 0.6 is 11.6 Å². The Morgan fingerprint density at radius 1 is 1.62 bits per heavy atom. The number of nitrogens with zero attached hydrogens (tertiary/aromatic N) is 1. The molecule has 1 aromatic carbocycles. The van der Waals surface area contributed by atoms with Gasteiger partial charge in [-0.3, -0.25) is 0 Å². The molecule has 68 valence electrons. The molecule has 0 saturated heterocycles. The summed E-state index contributed by atoms with van der Waals surface area (Å²) >= 11 is 5.77. The molecule has 0 heterocycles. The first-order valence-electron chi connectivity index (χ1n) is 3.72. The maximum atomic E-state index is 12.8. The normalized spacial score (nSPS) is 12.2. The number of halogens is 2. The predicted octanol–water partition coefficient (Wildman–Crippen LogP) is 2.39. The van der Waals surface area contributed by atoms with Crippen LogP contribution in [0.1, 0.15) is 18.0 Å². The third kappa shape index (κ3) is 2.41. The van der Waals surface area contributed by atoms with Gasteiger partial charge in [0.1, 0.15) is 5.82 Å². The molecule has 1 aromatic rings. The van der Waals surface area contributed by atoms with Gasteiger partial charge in [0.15, 0.2) is 0 Å². The van der Waals surface area contributed by atoms with Crippen LogP contribution in [0, 0.1) is 17.1 Å². The Balaban J connectivity index is 3.00. The summed E-state index contributed by atoms with van der Waals surface area (Å²) in [6.07, 6.45) is 0.128. The van der Waals surface area contributed by atoms with E-state index >= 15 is 0 Å². The van der Waals surface area contributed by atoms with Crippen molar-refractivity contribution < 1.29 is 4.39 Å². The molecule has 2 nitrogen and oxygen atoms in total. The highest BCUT2D eigenvalue weighted by atomic mass is 35.5. The van der Waals surface area contributed by atoms with Crippen molar-refractivity contribution in [3.05, 3.63) is 34.6 Å². The second-order valence-electron chi connectivity index (χ2n) is 2.63. The number of nitrogens with two attached hydrogens (primary N) is 1. The van der Waals surface area contributed by atoms with Gasteiger partial charge in [0.25, 0.3) is 0 Å². The molecule has 0 bridgehead atoms. The van der Waals surface area contributed by atoms with Gasteiger partial charge in [0.2, 0.25) is 0 Å². The molecule has 0 radical (unpaired) electrons. The third-order valence-electron chi connectivity index (χ3n) is 1.67. The highest BCUT2D eigenvalue weighted by Gasteiger charge is 2.10. The molecule has 0 aromatic heterocycles. The molecular weight excluding hydrogens is 191 g/mol. The molecule has 0 saturated carbocycles. The number of hydrogen-bond acceptors (Lipinski definition) is 2. The fraction of sp³-hybridized carbons (Fsp3) is 0.222. The van der Waals surface area contributed by atoms with Crippen LogP contribution in [0.3, 0.4) is 0 Å². The van der Waals surface area contributed by atoms with Gasteiger partial charge in [-0.05, 0) is 23.8 Å². The molecular formula is C9H8ClFN2. The Hall–Kier alpha value is -1.11. The summed E-state index contributed by atoms with van der Waals surface area (Å²) in [5.41, 5.74) is 6.08. The number of hydrogen-bond donors (Lipinski definition) is 1. The average molecular weight is 199 g/mol. The van der Waals surface area contributed by atoms with E-state index in [0.717, 1.165) is 0 Å². The van der Waals surface area contributed by atoms with Gasteiger partial charge in [-0.15, -0.1) is 0 Å². The van der Waals surface area contributed by atoms with E-state index in [2.05, 4.69) is 0 Å². The van der Waals surface area contributed by atoms with Crippen LogP contribution in [0.15, 0.2) is 18.2 Å². The number of rotatable bonds is 2. The quantitative estimate of drug-likeness (QED) is 0.793. The molecule has 4 heteroatoms. The third-order valence-corrected chi connectivity index (χ3v) is 2.01. The van der Waals surface area contributed by atoms with Crippen molar-refractivity contribution in [1.82, 2.24) is 0 Å². The summed E-state index contributed by atoms with van der Waals surface area (Å²) in [4.78, 5) is 0. The molecule has 0 fully saturated rings. The lowest BCUT2D eigenvalue weighted by atomic mass is 10.1. The minimum atomic E-state index is -0.520. The number of benzene rings is 1. The zero-order chi connectivity index (χ0) is 9.84. The van der Waals surface area contributed by atoms with Gasteiger partial charge in [-0.2, -0.15) is 5.26 Å². The lowest BCUT2D eigenvalue weighted by Gasteiger charge is -2.09. The highest BCUT2D eigenvalue weighted by molar-refractivity contribution is 6.31. The highest BCUT2D eigenvalue weighted by Crippen LogP contribution is 2.23. The first-order chi connectivity index (χ1) is 6.15. The van der Waals surface area contributed by atoms with Gasteiger partial charge in [-0.1, -0.05) is 11.6 Å². The van der Waals surface area contributed by atoms with E-state index in [1.54, 1.807) is 0 Å². The summed E-state index contributed by atoms with van der Waals surface area (Å²) in [7, 11) is 0. The zero-order valence-corrected chi connectivity index (χ0v) is 7.55. The van der Waals surface area contributed by atoms with Crippen molar-refractivity contribution in [1.29, 1.82) is 5.26 Å². The fourth-order valence-corrected chi connectivity index (χ4v) is 1.26. The maximum Gasteiger partial charge on any atom is 0.123 e. The molecule has 13 heavy (non-hydrogen) atoms. The predicted molar refractivity (Wildman–Crippen MR) is 48.6 cm³/mol. The summed E-state index contributed by atoms with van der Waals surface area (Å²) in [6.45, 7) is 0. The van der Waals surface area contributed by atoms with E-state index in [-0.39, 0.29) is 6.42 Å². The van der Waals surface area contributed by atoms with Crippen LogP contribution in [0.5, 0.6) is 0 Å².